The van der Waals surface area contributed by atoms with Crippen LogP contribution in [0.3, 0.4) is 0 Å². The summed E-state index contributed by atoms with van der Waals surface area (Å²) in [5, 5.41) is -0.0105. The Morgan fingerprint density at radius 2 is 1.83 bits per heavy atom. The van der Waals surface area contributed by atoms with Crippen LogP contribution in [0.1, 0.15) is 36.6 Å². The largest absolute Gasteiger partial charge is 0.341 e. The van der Waals surface area contributed by atoms with Crippen LogP contribution in [0.2, 0.25) is 5.02 Å². The van der Waals surface area contributed by atoms with Crippen LogP contribution in [0.15, 0.2) is 24.3 Å². The van der Waals surface area contributed by atoms with Gasteiger partial charge in [0.2, 0.25) is 5.91 Å². The fourth-order valence-electron chi connectivity index (χ4n) is 2.26. The Morgan fingerprint density at radius 3 is 2.44 bits per heavy atom. The lowest BCUT2D eigenvalue weighted by Gasteiger charge is -2.23. The Kier molecular flexibility index (Phi) is 4.90. The summed E-state index contributed by atoms with van der Waals surface area (Å²) in [6, 6.07) is 7.21. The molecule has 2 nitrogen and oxygen atoms in total. The van der Waals surface area contributed by atoms with Crippen LogP contribution in [-0.2, 0) is 4.79 Å². The van der Waals surface area contributed by atoms with Gasteiger partial charge >= 0.3 is 0 Å². The summed E-state index contributed by atoms with van der Waals surface area (Å²) < 4.78 is 0. The second-order valence-corrected chi connectivity index (χ2v) is 5.53. The van der Waals surface area contributed by atoms with Gasteiger partial charge in [0, 0.05) is 18.1 Å². The summed E-state index contributed by atoms with van der Waals surface area (Å²) in [4.78, 5) is 14.2. The minimum absolute atomic E-state index is 0.000772. The number of nitrogens with zero attached hydrogens (tertiary/aromatic N) is 1. The van der Waals surface area contributed by atoms with Crippen molar-refractivity contribution in [2.75, 3.05) is 13.1 Å². The van der Waals surface area contributed by atoms with Crippen molar-refractivity contribution in [3.63, 3.8) is 0 Å². The highest BCUT2D eigenvalue weighted by Gasteiger charge is 2.24. The van der Waals surface area contributed by atoms with Crippen molar-refractivity contribution in [3.8, 4) is 0 Å². The third-order valence-corrected chi connectivity index (χ3v) is 3.95. The molecule has 0 radical (unpaired) electrons. The Bertz CT molecular complexity index is 414. The van der Waals surface area contributed by atoms with E-state index in [1.807, 2.05) is 17.0 Å². The number of likely N-dealkylation sites (tertiary alicyclic amines) is 1. The van der Waals surface area contributed by atoms with Crippen LogP contribution in [0, 0.1) is 0 Å². The molecular weight excluding hydrogens is 269 g/mol. The van der Waals surface area contributed by atoms with E-state index in [4.69, 9.17) is 23.2 Å². The lowest BCUT2D eigenvalue weighted by Crippen LogP contribution is -2.34. The van der Waals surface area contributed by atoms with E-state index in [0.29, 0.717) is 5.02 Å². The first-order chi connectivity index (χ1) is 8.68. The maximum Gasteiger partial charge on any atom is 0.245 e. The summed E-state index contributed by atoms with van der Waals surface area (Å²) in [5.41, 5.74) is 0.776. The zero-order valence-electron chi connectivity index (χ0n) is 10.2. The molecule has 1 heterocycles. The van der Waals surface area contributed by atoms with Crippen LogP contribution in [0.5, 0.6) is 0 Å². The summed E-state index contributed by atoms with van der Waals surface area (Å²) in [5.74, 6) is 0.000772. The number of hydrogen-bond donors (Lipinski definition) is 0. The van der Waals surface area contributed by atoms with E-state index >= 15 is 0 Å². The zero-order valence-corrected chi connectivity index (χ0v) is 11.8. The topological polar surface area (TPSA) is 20.3 Å². The molecule has 0 spiro atoms. The van der Waals surface area contributed by atoms with Gasteiger partial charge in [-0.15, -0.1) is 11.6 Å². The normalized spacial score (nSPS) is 18.2. The molecule has 0 aromatic heterocycles. The van der Waals surface area contributed by atoms with Crippen LogP contribution < -0.4 is 0 Å². The molecule has 18 heavy (non-hydrogen) atoms. The SMILES string of the molecule is O=C(C(Cl)c1cccc(Cl)c1)N1CCCCCC1. The third-order valence-electron chi connectivity index (χ3n) is 3.28. The first-order valence-electron chi connectivity index (χ1n) is 6.37. The van der Waals surface area contributed by atoms with E-state index in [9.17, 15) is 4.79 Å². The molecule has 1 aromatic rings. The fourth-order valence-corrected chi connectivity index (χ4v) is 2.73. The zero-order chi connectivity index (χ0) is 13.0. The highest BCUT2D eigenvalue weighted by atomic mass is 35.5. The van der Waals surface area contributed by atoms with Gasteiger partial charge in [-0.05, 0) is 30.5 Å². The summed E-state index contributed by atoms with van der Waals surface area (Å²) in [6.07, 6.45) is 4.55. The smallest absolute Gasteiger partial charge is 0.245 e. The highest BCUT2D eigenvalue weighted by molar-refractivity contribution is 6.32. The van der Waals surface area contributed by atoms with Crippen molar-refractivity contribution in [2.45, 2.75) is 31.1 Å². The average Bonchev–Trinajstić information content (AvgIpc) is 2.66. The lowest BCUT2D eigenvalue weighted by molar-refractivity contribution is -0.130. The Hall–Kier alpha value is -0.730. The molecule has 0 bridgehead atoms. The lowest BCUT2D eigenvalue weighted by atomic mass is 10.1. The van der Waals surface area contributed by atoms with Crippen molar-refractivity contribution >= 4 is 29.1 Å². The van der Waals surface area contributed by atoms with Gasteiger partial charge in [-0.25, -0.2) is 0 Å². The minimum Gasteiger partial charge on any atom is -0.341 e. The number of hydrogen-bond acceptors (Lipinski definition) is 1. The minimum atomic E-state index is -0.623. The van der Waals surface area contributed by atoms with Crippen LogP contribution in [-0.4, -0.2) is 23.9 Å². The van der Waals surface area contributed by atoms with Crippen LogP contribution in [0.4, 0.5) is 0 Å². The average molecular weight is 286 g/mol. The van der Waals surface area contributed by atoms with Crippen molar-refractivity contribution in [3.05, 3.63) is 34.9 Å². The molecule has 1 fully saturated rings. The van der Waals surface area contributed by atoms with E-state index in [1.165, 1.54) is 12.8 Å². The van der Waals surface area contributed by atoms with E-state index in [2.05, 4.69) is 0 Å². The second-order valence-electron chi connectivity index (χ2n) is 4.66. The summed E-state index contributed by atoms with van der Waals surface area (Å²) in [7, 11) is 0. The first-order valence-corrected chi connectivity index (χ1v) is 7.18. The molecule has 0 N–H and O–H groups in total. The van der Waals surface area contributed by atoms with Crippen LogP contribution >= 0.6 is 23.2 Å². The molecule has 1 aromatic carbocycles. The molecule has 98 valence electrons. The maximum atomic E-state index is 12.3. The Morgan fingerprint density at radius 1 is 1.17 bits per heavy atom. The molecule has 1 saturated heterocycles. The second kappa shape index (κ2) is 6.44. The first kappa shape index (κ1) is 13.7. The molecule has 1 atom stereocenters. The molecule has 4 heteroatoms. The molecule has 0 saturated carbocycles. The monoisotopic (exact) mass is 285 g/mol. The number of amides is 1. The van der Waals surface area contributed by atoms with E-state index in [1.54, 1.807) is 12.1 Å². The van der Waals surface area contributed by atoms with Crippen LogP contribution in [0.25, 0.3) is 0 Å². The predicted molar refractivity (Wildman–Crippen MR) is 75.1 cm³/mol. The Balaban J connectivity index is 2.07. The van der Waals surface area contributed by atoms with Crippen molar-refractivity contribution in [1.29, 1.82) is 0 Å². The fraction of sp³-hybridized carbons (Fsp3) is 0.500. The summed E-state index contributed by atoms with van der Waals surface area (Å²) >= 11 is 12.2. The van der Waals surface area contributed by atoms with Gasteiger partial charge in [0.1, 0.15) is 5.38 Å². The number of alkyl halides is 1. The van der Waals surface area contributed by atoms with Gasteiger partial charge in [0.15, 0.2) is 0 Å². The standard InChI is InChI=1S/C14H17Cl2NO/c15-12-7-5-6-11(10-12)13(16)14(18)17-8-3-1-2-4-9-17/h5-7,10,13H,1-4,8-9H2. The van der Waals surface area contributed by atoms with Gasteiger partial charge in [-0.3, -0.25) is 4.79 Å². The van der Waals surface area contributed by atoms with Gasteiger partial charge in [-0.1, -0.05) is 36.6 Å². The number of rotatable bonds is 2. The quantitative estimate of drug-likeness (QED) is 0.752. The number of carbonyl (C=O) groups excluding carboxylic acids is 1. The van der Waals surface area contributed by atoms with E-state index < -0.39 is 5.38 Å². The number of benzene rings is 1. The molecule has 2 rings (SSSR count). The number of carbonyl (C=O) groups is 1. The molecule has 1 amide bonds. The maximum absolute atomic E-state index is 12.3. The van der Waals surface area contributed by atoms with Crippen molar-refractivity contribution < 1.29 is 4.79 Å². The molecule has 0 aliphatic carbocycles. The van der Waals surface area contributed by atoms with Crippen molar-refractivity contribution in [1.82, 2.24) is 4.90 Å². The Labute approximate surface area is 118 Å². The number of halogens is 2. The predicted octanol–water partition coefficient (Wildman–Crippen LogP) is 4.02. The van der Waals surface area contributed by atoms with Gasteiger partial charge in [0.05, 0.1) is 0 Å². The van der Waals surface area contributed by atoms with Gasteiger partial charge in [0.25, 0.3) is 0 Å². The van der Waals surface area contributed by atoms with Crippen molar-refractivity contribution in [2.24, 2.45) is 0 Å². The molecule has 1 aliphatic rings. The summed E-state index contributed by atoms with van der Waals surface area (Å²) in [6.45, 7) is 1.64. The van der Waals surface area contributed by atoms with E-state index in [-0.39, 0.29) is 5.91 Å². The molecule has 1 unspecified atom stereocenters. The van der Waals surface area contributed by atoms with Gasteiger partial charge in [-0.2, -0.15) is 0 Å². The molecule has 1 aliphatic heterocycles. The highest BCUT2D eigenvalue weighted by Crippen LogP contribution is 2.26. The van der Waals surface area contributed by atoms with Gasteiger partial charge < -0.3 is 4.90 Å². The molecular formula is C14H17Cl2NO. The van der Waals surface area contributed by atoms with E-state index in [0.717, 1.165) is 31.5 Å². The third kappa shape index (κ3) is 3.39.